The summed E-state index contributed by atoms with van der Waals surface area (Å²) in [7, 11) is 1.47. The Morgan fingerprint density at radius 2 is 2.30 bits per heavy atom. The van der Waals surface area contributed by atoms with Crippen LogP contribution in [0.25, 0.3) is 0 Å². The van der Waals surface area contributed by atoms with Gasteiger partial charge >= 0.3 is 0 Å². The molecule has 0 spiro atoms. The molecule has 10 nitrogen and oxygen atoms in total. The topological polar surface area (TPSA) is 152 Å². The van der Waals surface area contributed by atoms with Crippen LogP contribution >= 0.6 is 11.6 Å². The first-order valence-electron chi connectivity index (χ1n) is 6.36. The highest BCUT2D eigenvalue weighted by Gasteiger charge is 2.15. The van der Waals surface area contributed by atoms with Gasteiger partial charge in [0.15, 0.2) is 0 Å². The third-order valence-corrected chi connectivity index (χ3v) is 3.05. The van der Waals surface area contributed by atoms with E-state index in [1.807, 2.05) is 0 Å². The highest BCUT2D eigenvalue weighted by atomic mass is 35.5. The van der Waals surface area contributed by atoms with Crippen LogP contribution < -0.4 is 21.1 Å². The molecule has 1 heterocycles. The van der Waals surface area contributed by atoms with Crippen LogP contribution in [0.1, 0.15) is 10.4 Å². The lowest BCUT2D eigenvalue weighted by Gasteiger charge is -2.11. The molecule has 126 valence electrons. The number of amides is 1. The van der Waals surface area contributed by atoms with Gasteiger partial charge in [-0.1, -0.05) is 11.6 Å². The Morgan fingerprint density at radius 3 is 2.83 bits per heavy atom. The SMILES string of the molecule is COc1cc(N)c(Cl)cc1C(=O)NCC1=NCCN1.O=[N+]([O-])O. The summed E-state index contributed by atoms with van der Waals surface area (Å²) in [6.07, 6.45) is 0. The van der Waals surface area contributed by atoms with E-state index in [0.29, 0.717) is 28.6 Å². The summed E-state index contributed by atoms with van der Waals surface area (Å²) in [6.45, 7) is 1.90. The van der Waals surface area contributed by atoms with Gasteiger partial charge in [-0.25, -0.2) is 0 Å². The van der Waals surface area contributed by atoms with Crippen molar-refractivity contribution < 1.29 is 19.8 Å². The van der Waals surface area contributed by atoms with Crippen LogP contribution in [0.4, 0.5) is 5.69 Å². The molecule has 11 heteroatoms. The number of carbonyl (C=O) groups is 1. The zero-order chi connectivity index (χ0) is 17.4. The molecule has 23 heavy (non-hydrogen) atoms. The lowest BCUT2D eigenvalue weighted by atomic mass is 10.1. The molecule has 0 saturated carbocycles. The maximum absolute atomic E-state index is 12.1. The van der Waals surface area contributed by atoms with Gasteiger partial charge in [0.05, 0.1) is 36.5 Å². The molecule has 1 aromatic rings. The average molecular weight is 346 g/mol. The van der Waals surface area contributed by atoms with E-state index in [4.69, 9.17) is 37.4 Å². The molecule has 0 unspecified atom stereocenters. The van der Waals surface area contributed by atoms with E-state index in [1.54, 1.807) is 0 Å². The predicted octanol–water partition coefficient (Wildman–Crippen LogP) is 0.315. The minimum Gasteiger partial charge on any atom is -0.496 e. The second-order valence-electron chi connectivity index (χ2n) is 4.25. The van der Waals surface area contributed by atoms with E-state index < -0.39 is 5.09 Å². The summed E-state index contributed by atoms with van der Waals surface area (Å²) >= 11 is 5.92. The van der Waals surface area contributed by atoms with Gasteiger partial charge in [0.1, 0.15) is 11.6 Å². The minimum atomic E-state index is -1.50. The predicted molar refractivity (Wildman–Crippen MR) is 83.8 cm³/mol. The van der Waals surface area contributed by atoms with Crippen molar-refractivity contribution in [3.8, 4) is 5.75 Å². The van der Waals surface area contributed by atoms with Crippen molar-refractivity contribution in [1.29, 1.82) is 0 Å². The number of halogens is 1. The number of benzene rings is 1. The van der Waals surface area contributed by atoms with Gasteiger partial charge in [-0.15, -0.1) is 10.1 Å². The number of hydrogen-bond acceptors (Lipinski definition) is 7. The number of hydrogen-bond donors (Lipinski definition) is 4. The van der Waals surface area contributed by atoms with E-state index in [9.17, 15) is 4.79 Å². The van der Waals surface area contributed by atoms with Crippen molar-refractivity contribution in [3.05, 3.63) is 32.8 Å². The first-order valence-corrected chi connectivity index (χ1v) is 6.74. The largest absolute Gasteiger partial charge is 0.496 e. The molecule has 5 N–H and O–H groups in total. The number of nitrogen functional groups attached to an aromatic ring is 1. The summed E-state index contributed by atoms with van der Waals surface area (Å²) in [6, 6.07) is 3.03. The molecule has 1 aliphatic heterocycles. The number of methoxy groups -OCH3 is 1. The molecular weight excluding hydrogens is 330 g/mol. The molecule has 0 aliphatic carbocycles. The molecule has 0 radical (unpaired) electrons. The minimum absolute atomic E-state index is 0.282. The molecule has 1 aliphatic rings. The van der Waals surface area contributed by atoms with Crippen LogP contribution in [-0.2, 0) is 0 Å². The van der Waals surface area contributed by atoms with Gasteiger partial charge in [-0.05, 0) is 6.07 Å². The summed E-state index contributed by atoms with van der Waals surface area (Å²) in [4.78, 5) is 24.6. The molecular formula is C12H16ClN5O5. The van der Waals surface area contributed by atoms with Crippen LogP contribution in [0, 0.1) is 10.1 Å². The number of nitrogens with one attached hydrogen (secondary N) is 2. The van der Waals surface area contributed by atoms with Crippen LogP contribution in [0.5, 0.6) is 5.75 Å². The molecule has 1 amide bonds. The van der Waals surface area contributed by atoms with Crippen molar-refractivity contribution in [1.82, 2.24) is 10.6 Å². The highest BCUT2D eigenvalue weighted by molar-refractivity contribution is 6.33. The summed E-state index contributed by atoms with van der Waals surface area (Å²) in [5.41, 5.74) is 6.39. The van der Waals surface area contributed by atoms with Gasteiger partial charge in [0.2, 0.25) is 0 Å². The summed E-state index contributed by atoms with van der Waals surface area (Å²) in [5.74, 6) is 0.879. The van der Waals surface area contributed by atoms with Crippen LogP contribution in [-0.4, -0.2) is 48.8 Å². The van der Waals surface area contributed by atoms with Crippen molar-refractivity contribution in [2.45, 2.75) is 0 Å². The first kappa shape index (κ1) is 18.3. The van der Waals surface area contributed by atoms with Crippen molar-refractivity contribution >= 4 is 29.0 Å². The van der Waals surface area contributed by atoms with Gasteiger partial charge in [0, 0.05) is 12.6 Å². The number of amidine groups is 1. The molecule has 0 fully saturated rings. The van der Waals surface area contributed by atoms with Crippen LogP contribution in [0.15, 0.2) is 17.1 Å². The summed E-state index contributed by atoms with van der Waals surface area (Å²) in [5, 5.41) is 19.8. The maximum atomic E-state index is 12.1. The fraction of sp³-hybridized carbons (Fsp3) is 0.333. The molecule has 1 aromatic carbocycles. The van der Waals surface area contributed by atoms with E-state index in [2.05, 4.69) is 15.6 Å². The van der Waals surface area contributed by atoms with Gasteiger partial charge in [0.25, 0.3) is 11.0 Å². The van der Waals surface area contributed by atoms with E-state index in [-0.39, 0.29) is 5.91 Å². The zero-order valence-electron chi connectivity index (χ0n) is 12.2. The Bertz CT molecular complexity index is 618. The van der Waals surface area contributed by atoms with E-state index in [0.717, 1.165) is 18.9 Å². The lowest BCUT2D eigenvalue weighted by molar-refractivity contribution is -0.742. The quantitative estimate of drug-likeness (QED) is 0.348. The molecule has 0 atom stereocenters. The number of carbonyl (C=O) groups excluding carboxylic acids is 1. The van der Waals surface area contributed by atoms with Gasteiger partial charge in [-0.2, -0.15) is 0 Å². The Balaban J connectivity index is 0.000000593. The second kappa shape index (κ2) is 8.63. The maximum Gasteiger partial charge on any atom is 0.291 e. The number of nitrogens with two attached hydrogens (primary N) is 1. The highest BCUT2D eigenvalue weighted by Crippen LogP contribution is 2.28. The van der Waals surface area contributed by atoms with Gasteiger partial charge in [-0.3, -0.25) is 9.79 Å². The fourth-order valence-electron chi connectivity index (χ4n) is 1.74. The van der Waals surface area contributed by atoms with Crippen molar-refractivity contribution in [2.75, 3.05) is 32.5 Å². The van der Waals surface area contributed by atoms with Crippen molar-refractivity contribution in [3.63, 3.8) is 0 Å². The van der Waals surface area contributed by atoms with Crippen LogP contribution in [0.2, 0.25) is 5.02 Å². The summed E-state index contributed by atoms with van der Waals surface area (Å²) < 4.78 is 5.13. The molecule has 0 saturated heterocycles. The Labute approximate surface area is 136 Å². The standard InChI is InChI=1S/C12H15ClN4O2.HNO3/c1-19-10-5-9(14)8(13)4-7(10)12(18)17-6-11-15-2-3-16-11;2-1(3)4/h4-5H,2-3,6,14H2,1H3,(H,15,16)(H,17,18);(H,2,3,4). The zero-order valence-corrected chi connectivity index (χ0v) is 13.0. The smallest absolute Gasteiger partial charge is 0.291 e. The van der Waals surface area contributed by atoms with Gasteiger partial charge < -0.3 is 26.3 Å². The Kier molecular flexibility index (Phi) is 6.87. The third kappa shape index (κ3) is 5.87. The number of anilines is 1. The third-order valence-electron chi connectivity index (χ3n) is 2.72. The normalized spacial score (nSPS) is 12.3. The number of nitrogens with zero attached hydrogens (tertiary/aromatic N) is 2. The van der Waals surface area contributed by atoms with E-state index >= 15 is 0 Å². The number of ether oxygens (including phenoxy) is 1. The van der Waals surface area contributed by atoms with Crippen LogP contribution in [0.3, 0.4) is 0 Å². The molecule has 2 rings (SSSR count). The van der Waals surface area contributed by atoms with Crippen molar-refractivity contribution in [2.24, 2.45) is 4.99 Å². The Morgan fingerprint density at radius 1 is 1.65 bits per heavy atom. The second-order valence-corrected chi connectivity index (χ2v) is 4.66. The van der Waals surface area contributed by atoms with E-state index in [1.165, 1.54) is 19.2 Å². The Hall–Kier alpha value is -2.75. The first-order chi connectivity index (χ1) is 10.8. The average Bonchev–Trinajstić information content (AvgIpc) is 3.00. The fourth-order valence-corrected chi connectivity index (χ4v) is 1.90. The number of aliphatic imine (C=N–C) groups is 1. The molecule has 0 aromatic heterocycles. The monoisotopic (exact) mass is 345 g/mol. The number of rotatable bonds is 4. The molecule has 0 bridgehead atoms. The lowest BCUT2D eigenvalue weighted by Crippen LogP contribution is -2.35.